The van der Waals surface area contributed by atoms with Crippen LogP contribution in [0.25, 0.3) is 0 Å². The van der Waals surface area contributed by atoms with Crippen LogP contribution in [-0.2, 0) is 0 Å². The number of carbonyl (C=O) groups is 1. The van der Waals surface area contributed by atoms with Crippen LogP contribution in [0.4, 0.5) is 46.0 Å². The molecule has 0 aliphatic heterocycles. The fourth-order valence-electron chi connectivity index (χ4n) is 4.11. The quantitative estimate of drug-likeness (QED) is 0.102. The van der Waals surface area contributed by atoms with Gasteiger partial charge in [0.1, 0.15) is 0 Å². The predicted octanol–water partition coefficient (Wildman–Crippen LogP) is 8.32. The van der Waals surface area contributed by atoms with Crippen molar-refractivity contribution in [3.8, 4) is 0 Å². The number of halogens is 4. The zero-order valence-electron chi connectivity index (χ0n) is 21.1. The highest BCUT2D eigenvalue weighted by atomic mass is 19.2. The van der Waals surface area contributed by atoms with E-state index in [9.17, 15) is 22.4 Å². The molecule has 0 fully saturated rings. The van der Waals surface area contributed by atoms with E-state index in [0.717, 1.165) is 47.0 Å². The van der Waals surface area contributed by atoms with Crippen LogP contribution in [-0.4, -0.2) is 5.91 Å². The number of rotatable bonds is 8. The van der Waals surface area contributed by atoms with E-state index < -0.39 is 34.7 Å². The summed E-state index contributed by atoms with van der Waals surface area (Å²) in [6.45, 7) is 0. The number of carbonyl (C=O) groups excluding carboxylic acids is 1. The Labute approximate surface area is 228 Å². The maximum absolute atomic E-state index is 13.9. The molecule has 0 bridgehead atoms. The van der Waals surface area contributed by atoms with E-state index in [-0.39, 0.29) is 5.69 Å². The lowest BCUT2D eigenvalue weighted by Crippen LogP contribution is -2.16. The number of allylic oxidation sites excluding steroid dienone is 4. The van der Waals surface area contributed by atoms with Gasteiger partial charge in [0.25, 0.3) is 5.91 Å². The summed E-state index contributed by atoms with van der Waals surface area (Å²) in [5.41, 5.74) is 5.17. The third-order valence-corrected chi connectivity index (χ3v) is 6.20. The van der Waals surface area contributed by atoms with Gasteiger partial charge in [0, 0.05) is 39.8 Å². The van der Waals surface area contributed by atoms with Gasteiger partial charge in [-0.2, -0.15) is 0 Å². The Morgan fingerprint density at radius 3 is 1.55 bits per heavy atom. The van der Waals surface area contributed by atoms with Gasteiger partial charge in [-0.1, -0.05) is 18.2 Å². The highest BCUT2D eigenvalue weighted by Crippen LogP contribution is 2.25. The minimum Gasteiger partial charge on any atom is -0.359 e. The molecule has 1 amide bonds. The van der Waals surface area contributed by atoms with E-state index in [0.29, 0.717) is 6.07 Å². The van der Waals surface area contributed by atoms with E-state index in [4.69, 9.17) is 0 Å². The van der Waals surface area contributed by atoms with Gasteiger partial charge in [-0.15, -0.1) is 0 Å². The molecule has 0 saturated heterocycles. The van der Waals surface area contributed by atoms with Crippen molar-refractivity contribution >= 4 is 34.3 Å². The minimum absolute atomic E-state index is 0.272. The van der Waals surface area contributed by atoms with E-state index >= 15 is 0 Å². The predicted molar refractivity (Wildman–Crippen MR) is 149 cm³/mol. The van der Waals surface area contributed by atoms with Crippen LogP contribution in [0, 0.1) is 23.3 Å². The van der Waals surface area contributed by atoms with Crippen molar-refractivity contribution in [3.63, 3.8) is 0 Å². The lowest BCUT2D eigenvalue weighted by atomic mass is 10.1. The minimum atomic E-state index is -2.04. The SMILES string of the molecule is O=C(Nc1ccc(NC2=CC=C(Nc3ccc(Nc4ccccc4)cc3)CC2)cc1)c1cc(F)c(F)c(F)c1F. The Morgan fingerprint density at radius 2 is 1.02 bits per heavy atom. The van der Waals surface area contributed by atoms with Crippen LogP contribution < -0.4 is 21.3 Å². The van der Waals surface area contributed by atoms with Gasteiger partial charge in [-0.25, -0.2) is 17.6 Å². The Balaban J connectivity index is 1.15. The van der Waals surface area contributed by atoms with Crippen molar-refractivity contribution in [2.45, 2.75) is 12.8 Å². The zero-order valence-corrected chi connectivity index (χ0v) is 21.1. The van der Waals surface area contributed by atoms with Gasteiger partial charge in [-0.3, -0.25) is 4.79 Å². The van der Waals surface area contributed by atoms with E-state index in [1.807, 2.05) is 66.7 Å². The number of benzene rings is 4. The van der Waals surface area contributed by atoms with Crippen molar-refractivity contribution in [2.75, 3.05) is 21.3 Å². The van der Waals surface area contributed by atoms with Gasteiger partial charge in [-0.05, 0) is 91.7 Å². The highest BCUT2D eigenvalue weighted by Gasteiger charge is 2.23. The number of hydrogen-bond donors (Lipinski definition) is 4. The number of anilines is 5. The summed E-state index contributed by atoms with van der Waals surface area (Å²) in [6.07, 6.45) is 5.55. The molecule has 40 heavy (non-hydrogen) atoms. The first kappa shape index (κ1) is 26.6. The number of para-hydroxylation sites is 1. The molecule has 0 saturated carbocycles. The second-order valence-electron chi connectivity index (χ2n) is 9.08. The van der Waals surface area contributed by atoms with Crippen LogP contribution in [0.5, 0.6) is 0 Å². The smallest absolute Gasteiger partial charge is 0.258 e. The van der Waals surface area contributed by atoms with Crippen molar-refractivity contribution in [2.24, 2.45) is 0 Å². The van der Waals surface area contributed by atoms with Crippen molar-refractivity contribution < 1.29 is 22.4 Å². The van der Waals surface area contributed by atoms with Gasteiger partial charge in [0.05, 0.1) is 5.56 Å². The lowest BCUT2D eigenvalue weighted by Gasteiger charge is -2.18. The Hall–Kier alpha value is -5.05. The maximum Gasteiger partial charge on any atom is 0.258 e. The fraction of sp³-hybridized carbons (Fsp3) is 0.0645. The molecular weight excluding hydrogens is 520 g/mol. The summed E-state index contributed by atoms with van der Waals surface area (Å²) in [5.74, 6) is -8.50. The monoisotopic (exact) mass is 544 g/mol. The average Bonchev–Trinajstić information content (AvgIpc) is 2.97. The Morgan fingerprint density at radius 1 is 0.550 bits per heavy atom. The summed E-state index contributed by atoms with van der Waals surface area (Å²) < 4.78 is 53.9. The fourth-order valence-corrected chi connectivity index (χ4v) is 4.11. The van der Waals surface area contributed by atoms with Gasteiger partial charge >= 0.3 is 0 Å². The van der Waals surface area contributed by atoms with Crippen molar-refractivity contribution in [3.05, 3.63) is 137 Å². The van der Waals surface area contributed by atoms with Crippen LogP contribution in [0.3, 0.4) is 0 Å². The van der Waals surface area contributed by atoms with Crippen LogP contribution >= 0.6 is 0 Å². The first-order valence-electron chi connectivity index (χ1n) is 12.5. The van der Waals surface area contributed by atoms with E-state index in [1.54, 1.807) is 24.3 Å². The van der Waals surface area contributed by atoms with Crippen molar-refractivity contribution in [1.82, 2.24) is 0 Å². The van der Waals surface area contributed by atoms with Crippen LogP contribution in [0.2, 0.25) is 0 Å². The third kappa shape index (κ3) is 6.32. The third-order valence-electron chi connectivity index (χ3n) is 6.20. The normalized spacial score (nSPS) is 12.7. The molecule has 5 rings (SSSR count). The topological polar surface area (TPSA) is 65.2 Å². The molecule has 5 nitrogen and oxygen atoms in total. The molecular formula is C31H24F4N4O. The number of hydrogen-bond acceptors (Lipinski definition) is 4. The first-order valence-corrected chi connectivity index (χ1v) is 12.5. The molecule has 0 atom stereocenters. The molecule has 0 spiro atoms. The van der Waals surface area contributed by atoms with Gasteiger partial charge < -0.3 is 21.3 Å². The summed E-state index contributed by atoms with van der Waals surface area (Å²) in [7, 11) is 0. The van der Waals surface area contributed by atoms with Crippen molar-refractivity contribution in [1.29, 1.82) is 0 Å². The highest BCUT2D eigenvalue weighted by molar-refractivity contribution is 6.04. The second kappa shape index (κ2) is 11.8. The molecule has 9 heteroatoms. The standard InChI is InChI=1S/C31H24F4N4O/c32-27-18-26(28(33)30(35)29(27)34)31(40)39-25-16-14-24(15-17-25)38-23-12-10-22(11-13-23)37-21-8-6-20(7-9-21)36-19-4-2-1-3-5-19/h1-10,12,14-18,36-38H,11,13H2,(H,39,40). The van der Waals surface area contributed by atoms with Crippen LogP contribution in [0.1, 0.15) is 23.2 Å². The average molecular weight is 545 g/mol. The lowest BCUT2D eigenvalue weighted by molar-refractivity contribution is 0.102. The molecule has 0 heterocycles. The molecule has 202 valence electrons. The largest absolute Gasteiger partial charge is 0.359 e. The van der Waals surface area contributed by atoms with Gasteiger partial charge in [0.2, 0.25) is 0 Å². The molecule has 0 radical (unpaired) electrons. The molecule has 1 aliphatic rings. The van der Waals surface area contributed by atoms with E-state index in [2.05, 4.69) is 21.3 Å². The summed E-state index contributed by atoms with van der Waals surface area (Å²) in [4.78, 5) is 12.3. The molecule has 4 N–H and O–H groups in total. The molecule has 4 aromatic rings. The summed E-state index contributed by atoms with van der Waals surface area (Å²) >= 11 is 0. The summed E-state index contributed by atoms with van der Waals surface area (Å²) in [6, 6.07) is 24.8. The Kier molecular flexibility index (Phi) is 7.82. The molecule has 4 aromatic carbocycles. The number of amides is 1. The maximum atomic E-state index is 13.9. The zero-order chi connectivity index (χ0) is 28.1. The molecule has 1 aliphatic carbocycles. The molecule has 0 aromatic heterocycles. The first-order chi connectivity index (χ1) is 19.4. The van der Waals surface area contributed by atoms with Gasteiger partial charge in [0.15, 0.2) is 23.3 Å². The summed E-state index contributed by atoms with van der Waals surface area (Å²) in [5, 5.41) is 12.4. The van der Waals surface area contributed by atoms with Crippen LogP contribution in [0.15, 0.2) is 108 Å². The Bertz CT molecular complexity index is 1580. The second-order valence-corrected chi connectivity index (χ2v) is 9.08. The molecule has 0 unspecified atom stereocenters. The number of nitrogens with one attached hydrogen (secondary N) is 4. The van der Waals surface area contributed by atoms with E-state index in [1.165, 1.54) is 0 Å².